The van der Waals surface area contributed by atoms with Crippen LogP contribution in [0.5, 0.6) is 5.75 Å². The largest absolute Gasteiger partial charge is 0.492 e. The lowest BCUT2D eigenvalue weighted by Crippen LogP contribution is -2.32. The standard InChI is InChI=1S/C19H21ClN4O2S3/c1-24(10-11-26-15-6-4-14(20)5-7-15)17(25)13-28-19-23-22-18(29-19)21-9-8-16-3-2-12-27-16/h2-7,12H,8-11,13H2,1H3,(H,21,22). The first-order chi connectivity index (χ1) is 14.1. The first-order valence-corrected chi connectivity index (χ1v) is 12.0. The van der Waals surface area contributed by atoms with Crippen molar-refractivity contribution >= 4 is 57.1 Å². The van der Waals surface area contributed by atoms with Gasteiger partial charge in [-0.2, -0.15) is 0 Å². The van der Waals surface area contributed by atoms with Crippen LogP contribution in [0.2, 0.25) is 5.02 Å². The number of hydrogen-bond donors (Lipinski definition) is 1. The molecule has 29 heavy (non-hydrogen) atoms. The number of benzene rings is 1. The van der Waals surface area contributed by atoms with Gasteiger partial charge in [-0.3, -0.25) is 4.79 Å². The Hall–Kier alpha value is -1.81. The third-order valence-electron chi connectivity index (χ3n) is 3.89. The number of hydrogen-bond acceptors (Lipinski definition) is 8. The van der Waals surface area contributed by atoms with Gasteiger partial charge in [0.05, 0.1) is 12.3 Å². The molecule has 0 saturated heterocycles. The molecule has 6 nitrogen and oxygen atoms in total. The zero-order valence-corrected chi connectivity index (χ0v) is 19.0. The molecule has 0 spiro atoms. The summed E-state index contributed by atoms with van der Waals surface area (Å²) in [6.45, 7) is 1.74. The molecule has 2 heterocycles. The predicted molar refractivity (Wildman–Crippen MR) is 122 cm³/mol. The number of ether oxygens (including phenoxy) is 1. The van der Waals surface area contributed by atoms with Gasteiger partial charge in [0.15, 0.2) is 4.34 Å². The molecular weight excluding hydrogens is 448 g/mol. The Morgan fingerprint density at radius 2 is 2.10 bits per heavy atom. The van der Waals surface area contributed by atoms with E-state index in [4.69, 9.17) is 16.3 Å². The first kappa shape index (κ1) is 21.9. The number of thioether (sulfide) groups is 1. The molecule has 1 aromatic carbocycles. The zero-order chi connectivity index (χ0) is 20.5. The molecule has 3 aromatic rings. The maximum atomic E-state index is 12.3. The van der Waals surface area contributed by atoms with Crippen molar-refractivity contribution < 1.29 is 9.53 Å². The van der Waals surface area contributed by atoms with Gasteiger partial charge in [-0.15, -0.1) is 21.5 Å². The van der Waals surface area contributed by atoms with E-state index < -0.39 is 0 Å². The summed E-state index contributed by atoms with van der Waals surface area (Å²) in [5.74, 6) is 1.08. The summed E-state index contributed by atoms with van der Waals surface area (Å²) < 4.78 is 6.41. The Labute approximate surface area is 187 Å². The minimum absolute atomic E-state index is 0.0251. The van der Waals surface area contributed by atoms with E-state index in [1.165, 1.54) is 28.0 Å². The fraction of sp³-hybridized carbons (Fsp3) is 0.316. The number of anilines is 1. The number of likely N-dealkylation sites (N-methyl/N-ethyl adjacent to an activating group) is 1. The summed E-state index contributed by atoms with van der Waals surface area (Å²) >= 11 is 10.5. The number of nitrogens with zero attached hydrogens (tertiary/aromatic N) is 3. The van der Waals surface area contributed by atoms with Crippen molar-refractivity contribution in [2.45, 2.75) is 10.8 Å². The van der Waals surface area contributed by atoms with Gasteiger partial charge in [0.25, 0.3) is 0 Å². The van der Waals surface area contributed by atoms with E-state index in [9.17, 15) is 4.79 Å². The van der Waals surface area contributed by atoms with Crippen LogP contribution in [0.1, 0.15) is 4.88 Å². The van der Waals surface area contributed by atoms with Crippen molar-refractivity contribution in [1.29, 1.82) is 0 Å². The van der Waals surface area contributed by atoms with Crippen molar-refractivity contribution in [2.75, 3.05) is 37.8 Å². The second kappa shape index (κ2) is 11.4. The van der Waals surface area contributed by atoms with Gasteiger partial charge in [-0.05, 0) is 42.1 Å². The predicted octanol–water partition coefficient (Wildman–Crippen LogP) is 4.54. The van der Waals surface area contributed by atoms with Crippen molar-refractivity contribution in [1.82, 2.24) is 15.1 Å². The van der Waals surface area contributed by atoms with E-state index in [1.54, 1.807) is 35.4 Å². The molecule has 0 bridgehead atoms. The van der Waals surface area contributed by atoms with Crippen molar-refractivity contribution in [3.05, 3.63) is 51.7 Å². The van der Waals surface area contributed by atoms with Crippen LogP contribution in [0.25, 0.3) is 0 Å². The number of halogens is 1. The molecule has 0 radical (unpaired) electrons. The Morgan fingerprint density at radius 3 is 2.86 bits per heavy atom. The lowest BCUT2D eigenvalue weighted by atomic mass is 10.3. The molecule has 1 N–H and O–H groups in total. The van der Waals surface area contributed by atoms with Crippen molar-refractivity contribution in [3.8, 4) is 5.75 Å². The molecule has 10 heteroatoms. The molecule has 0 atom stereocenters. The number of amides is 1. The monoisotopic (exact) mass is 468 g/mol. The number of aromatic nitrogens is 2. The lowest BCUT2D eigenvalue weighted by molar-refractivity contribution is -0.127. The SMILES string of the molecule is CN(CCOc1ccc(Cl)cc1)C(=O)CSc1nnc(NCCc2cccs2)s1. The van der Waals surface area contributed by atoms with Gasteiger partial charge in [0.1, 0.15) is 12.4 Å². The number of thiophene rings is 1. The molecule has 0 aliphatic carbocycles. The van der Waals surface area contributed by atoms with Gasteiger partial charge in [-0.1, -0.05) is 40.8 Å². The van der Waals surface area contributed by atoms with Crippen LogP contribution in [0.3, 0.4) is 0 Å². The van der Waals surface area contributed by atoms with Crippen LogP contribution in [0.4, 0.5) is 5.13 Å². The van der Waals surface area contributed by atoms with Crippen LogP contribution in [-0.4, -0.2) is 53.5 Å². The normalized spacial score (nSPS) is 10.7. The molecule has 0 saturated carbocycles. The third-order valence-corrected chi connectivity index (χ3v) is 7.08. The fourth-order valence-electron chi connectivity index (χ4n) is 2.28. The molecule has 3 rings (SSSR count). The second-order valence-corrected chi connectivity index (χ2v) is 9.70. The molecule has 154 valence electrons. The molecule has 0 fully saturated rings. The smallest absolute Gasteiger partial charge is 0.232 e. The van der Waals surface area contributed by atoms with E-state index in [2.05, 4.69) is 33.0 Å². The number of nitrogens with one attached hydrogen (secondary N) is 1. The van der Waals surface area contributed by atoms with Gasteiger partial charge in [0.2, 0.25) is 11.0 Å². The van der Waals surface area contributed by atoms with Crippen LogP contribution in [0, 0.1) is 0 Å². The highest BCUT2D eigenvalue weighted by Crippen LogP contribution is 2.25. The van der Waals surface area contributed by atoms with E-state index in [-0.39, 0.29) is 5.91 Å². The average Bonchev–Trinajstić information content (AvgIpc) is 3.40. The molecule has 0 unspecified atom stereocenters. The van der Waals surface area contributed by atoms with E-state index in [0.717, 1.165) is 28.2 Å². The summed E-state index contributed by atoms with van der Waals surface area (Å²) in [5, 5.41) is 15.1. The Balaban J connectivity index is 1.33. The molecule has 1 amide bonds. The summed E-state index contributed by atoms with van der Waals surface area (Å²) in [7, 11) is 1.77. The number of carbonyl (C=O) groups excluding carboxylic acids is 1. The van der Waals surface area contributed by atoms with Gasteiger partial charge >= 0.3 is 0 Å². The minimum Gasteiger partial charge on any atom is -0.492 e. The highest BCUT2D eigenvalue weighted by atomic mass is 35.5. The zero-order valence-electron chi connectivity index (χ0n) is 15.8. The van der Waals surface area contributed by atoms with E-state index in [1.807, 2.05) is 12.1 Å². The fourth-order valence-corrected chi connectivity index (χ4v) is 4.83. The molecule has 2 aromatic heterocycles. The Bertz CT molecular complexity index is 887. The number of rotatable bonds is 11. The summed E-state index contributed by atoms with van der Waals surface area (Å²) in [6, 6.07) is 11.3. The first-order valence-electron chi connectivity index (χ1n) is 8.95. The van der Waals surface area contributed by atoms with Gasteiger partial charge < -0.3 is 15.0 Å². The minimum atomic E-state index is 0.0251. The lowest BCUT2D eigenvalue weighted by Gasteiger charge is -2.17. The van der Waals surface area contributed by atoms with E-state index >= 15 is 0 Å². The van der Waals surface area contributed by atoms with Gasteiger partial charge in [0, 0.05) is 23.5 Å². The van der Waals surface area contributed by atoms with Crippen molar-refractivity contribution in [3.63, 3.8) is 0 Å². The second-order valence-electron chi connectivity index (χ2n) is 6.04. The molecule has 0 aliphatic heterocycles. The highest BCUT2D eigenvalue weighted by molar-refractivity contribution is 8.01. The quantitative estimate of drug-likeness (QED) is 0.417. The van der Waals surface area contributed by atoms with Crippen LogP contribution >= 0.6 is 46.0 Å². The number of carbonyl (C=O) groups is 1. The Kier molecular flexibility index (Phi) is 8.60. The van der Waals surface area contributed by atoms with Gasteiger partial charge in [-0.25, -0.2) is 0 Å². The average molecular weight is 469 g/mol. The van der Waals surface area contributed by atoms with Crippen molar-refractivity contribution in [2.24, 2.45) is 0 Å². The maximum absolute atomic E-state index is 12.3. The van der Waals surface area contributed by atoms with Crippen LogP contribution in [-0.2, 0) is 11.2 Å². The summed E-state index contributed by atoms with van der Waals surface area (Å²) in [4.78, 5) is 15.3. The third kappa shape index (κ3) is 7.50. The summed E-state index contributed by atoms with van der Waals surface area (Å²) in [5.41, 5.74) is 0. The van der Waals surface area contributed by atoms with Crippen LogP contribution in [0.15, 0.2) is 46.1 Å². The van der Waals surface area contributed by atoms with Crippen LogP contribution < -0.4 is 10.1 Å². The van der Waals surface area contributed by atoms with E-state index in [0.29, 0.717) is 23.9 Å². The maximum Gasteiger partial charge on any atom is 0.232 e. The molecular formula is C19H21ClN4O2S3. The Morgan fingerprint density at radius 1 is 1.28 bits per heavy atom. The topological polar surface area (TPSA) is 67.3 Å². The molecule has 0 aliphatic rings. The summed E-state index contributed by atoms with van der Waals surface area (Å²) in [6.07, 6.45) is 0.959. The highest BCUT2D eigenvalue weighted by Gasteiger charge is 2.12.